The van der Waals surface area contributed by atoms with Gasteiger partial charge in [0.25, 0.3) is 0 Å². The van der Waals surface area contributed by atoms with Gasteiger partial charge in [-0.2, -0.15) is 0 Å². The van der Waals surface area contributed by atoms with Gasteiger partial charge in [-0.15, -0.1) is 0 Å². The van der Waals surface area contributed by atoms with E-state index in [-0.39, 0.29) is 0 Å². The number of pyridine rings is 1. The van der Waals surface area contributed by atoms with E-state index in [1.54, 1.807) is 12.1 Å². The van der Waals surface area contributed by atoms with Crippen LogP contribution in [0.25, 0.3) is 22.0 Å². The first-order chi connectivity index (χ1) is 13.6. The van der Waals surface area contributed by atoms with Crippen LogP contribution >= 0.6 is 11.6 Å². The number of fused-ring (bicyclic) bond motifs is 1. The summed E-state index contributed by atoms with van der Waals surface area (Å²) in [5.41, 5.74) is 3.24. The number of nitrogens with one attached hydrogen (secondary N) is 1. The number of anilines is 1. The average Bonchev–Trinajstić information content (AvgIpc) is 2.64. The van der Waals surface area contributed by atoms with E-state index in [0.717, 1.165) is 33.4 Å². The molecule has 5 nitrogen and oxygen atoms in total. The first-order valence-electron chi connectivity index (χ1n) is 9.39. The van der Waals surface area contributed by atoms with E-state index in [9.17, 15) is 9.90 Å². The highest BCUT2D eigenvalue weighted by molar-refractivity contribution is 6.30. The number of hydrogen-bond donors (Lipinski definition) is 2. The van der Waals surface area contributed by atoms with E-state index in [0.29, 0.717) is 10.6 Å². The Morgan fingerprint density at radius 2 is 1.83 bits per heavy atom. The van der Waals surface area contributed by atoms with Gasteiger partial charge in [-0.05, 0) is 74.7 Å². The second-order valence-corrected chi connectivity index (χ2v) is 8.39. The van der Waals surface area contributed by atoms with Crippen LogP contribution in [0.3, 0.4) is 0 Å². The maximum Gasteiger partial charge on any atom is 0.337 e. The van der Waals surface area contributed by atoms with E-state index in [1.165, 1.54) is 0 Å². The molecule has 0 fully saturated rings. The van der Waals surface area contributed by atoms with Gasteiger partial charge in [-0.1, -0.05) is 23.7 Å². The SMILES string of the molecule is CNc1ccc2c(-c3ccc(Cl)cc3)c(C(OC(C)(C)C)C(=O)O)c(C)cc2n1. The molecule has 1 aromatic heterocycles. The van der Waals surface area contributed by atoms with Crippen LogP contribution in [0.15, 0.2) is 42.5 Å². The van der Waals surface area contributed by atoms with Gasteiger partial charge in [0.2, 0.25) is 0 Å². The van der Waals surface area contributed by atoms with Crippen molar-refractivity contribution in [2.75, 3.05) is 12.4 Å². The molecule has 0 saturated carbocycles. The Morgan fingerprint density at radius 3 is 2.38 bits per heavy atom. The molecule has 3 rings (SSSR count). The summed E-state index contributed by atoms with van der Waals surface area (Å²) in [5.74, 6) is -0.287. The molecule has 152 valence electrons. The number of benzene rings is 2. The third kappa shape index (κ3) is 4.52. The summed E-state index contributed by atoms with van der Waals surface area (Å²) < 4.78 is 5.99. The summed E-state index contributed by atoms with van der Waals surface area (Å²) in [6.45, 7) is 7.44. The van der Waals surface area contributed by atoms with E-state index in [2.05, 4.69) is 10.3 Å². The van der Waals surface area contributed by atoms with Crippen molar-refractivity contribution in [3.05, 3.63) is 58.6 Å². The summed E-state index contributed by atoms with van der Waals surface area (Å²) in [6.07, 6.45) is -1.12. The zero-order valence-electron chi connectivity index (χ0n) is 17.2. The van der Waals surface area contributed by atoms with Crippen LogP contribution in [0.4, 0.5) is 5.82 Å². The van der Waals surface area contributed by atoms with Crippen LogP contribution in [-0.4, -0.2) is 28.7 Å². The number of carboxylic acids is 1. The standard InChI is InChI=1S/C23H25ClN2O3/c1-13-12-17-16(10-11-18(25-5)26-17)20(14-6-8-15(24)9-7-14)19(13)21(22(27)28)29-23(2,3)4/h6-12,21H,1-5H3,(H,25,26)(H,27,28). The maximum absolute atomic E-state index is 12.2. The monoisotopic (exact) mass is 412 g/mol. The molecule has 3 aromatic rings. The Kier molecular flexibility index (Phi) is 5.82. The average molecular weight is 413 g/mol. The molecule has 1 heterocycles. The highest BCUT2D eigenvalue weighted by atomic mass is 35.5. The molecule has 1 atom stereocenters. The first kappa shape index (κ1) is 21.1. The van der Waals surface area contributed by atoms with Crippen molar-refractivity contribution in [3.8, 4) is 11.1 Å². The number of hydrogen-bond acceptors (Lipinski definition) is 4. The van der Waals surface area contributed by atoms with Crippen molar-refractivity contribution in [3.63, 3.8) is 0 Å². The number of carbonyl (C=O) groups is 1. The van der Waals surface area contributed by atoms with Gasteiger partial charge in [-0.25, -0.2) is 9.78 Å². The Bertz CT molecular complexity index is 1060. The molecule has 0 aliphatic rings. The largest absolute Gasteiger partial charge is 0.479 e. The molecule has 0 aliphatic carbocycles. The van der Waals surface area contributed by atoms with Crippen LogP contribution < -0.4 is 5.32 Å². The Balaban J connectivity index is 2.38. The Hall–Kier alpha value is -2.63. The normalized spacial score (nSPS) is 12.8. The highest BCUT2D eigenvalue weighted by Crippen LogP contribution is 2.40. The second-order valence-electron chi connectivity index (χ2n) is 7.95. The van der Waals surface area contributed by atoms with Crippen LogP contribution in [-0.2, 0) is 9.53 Å². The number of rotatable bonds is 5. The van der Waals surface area contributed by atoms with Gasteiger partial charge < -0.3 is 15.2 Å². The maximum atomic E-state index is 12.2. The third-order valence-corrected chi connectivity index (χ3v) is 4.84. The van der Waals surface area contributed by atoms with Crippen molar-refractivity contribution in [1.82, 2.24) is 4.98 Å². The molecule has 0 bridgehead atoms. The van der Waals surface area contributed by atoms with E-state index in [1.807, 2.05) is 65.1 Å². The molecule has 0 aliphatic heterocycles. The number of carboxylic acid groups (broad SMARTS) is 1. The van der Waals surface area contributed by atoms with Gasteiger partial charge in [0.05, 0.1) is 11.1 Å². The highest BCUT2D eigenvalue weighted by Gasteiger charge is 2.31. The van der Waals surface area contributed by atoms with Gasteiger partial charge >= 0.3 is 5.97 Å². The minimum Gasteiger partial charge on any atom is -0.479 e. The lowest BCUT2D eigenvalue weighted by atomic mass is 9.88. The number of aliphatic carboxylic acids is 1. The zero-order chi connectivity index (χ0) is 21.3. The fourth-order valence-corrected chi connectivity index (χ4v) is 3.54. The molecule has 0 radical (unpaired) electrons. The van der Waals surface area contributed by atoms with Crippen molar-refractivity contribution < 1.29 is 14.6 Å². The van der Waals surface area contributed by atoms with E-state index >= 15 is 0 Å². The van der Waals surface area contributed by atoms with Crippen LogP contribution in [0.1, 0.15) is 38.0 Å². The summed E-state index contributed by atoms with van der Waals surface area (Å²) in [7, 11) is 1.81. The van der Waals surface area contributed by atoms with Crippen molar-refractivity contribution in [1.29, 1.82) is 0 Å². The number of ether oxygens (including phenoxy) is 1. The molecule has 0 saturated heterocycles. The van der Waals surface area contributed by atoms with Gasteiger partial charge in [0.15, 0.2) is 6.10 Å². The minimum absolute atomic E-state index is 0.614. The van der Waals surface area contributed by atoms with Gasteiger partial charge in [0, 0.05) is 23.0 Å². The quantitative estimate of drug-likeness (QED) is 0.550. The van der Waals surface area contributed by atoms with Gasteiger partial charge in [-0.3, -0.25) is 0 Å². The number of aromatic nitrogens is 1. The predicted octanol–water partition coefficient (Wildman–Crippen LogP) is 5.85. The van der Waals surface area contributed by atoms with E-state index < -0.39 is 17.7 Å². The molecule has 1 unspecified atom stereocenters. The Labute approximate surface area is 175 Å². The number of aryl methyl sites for hydroxylation is 1. The molecule has 0 amide bonds. The lowest BCUT2D eigenvalue weighted by Crippen LogP contribution is -2.28. The van der Waals surface area contributed by atoms with Crippen LogP contribution in [0, 0.1) is 6.92 Å². The van der Waals surface area contributed by atoms with Gasteiger partial charge in [0.1, 0.15) is 5.82 Å². The molecule has 2 N–H and O–H groups in total. The molecular weight excluding hydrogens is 388 g/mol. The molecule has 2 aromatic carbocycles. The molecular formula is C23H25ClN2O3. The summed E-state index contributed by atoms with van der Waals surface area (Å²) in [5, 5.41) is 14.5. The summed E-state index contributed by atoms with van der Waals surface area (Å²) in [4.78, 5) is 16.9. The minimum atomic E-state index is -1.12. The first-order valence-corrected chi connectivity index (χ1v) is 9.77. The third-order valence-electron chi connectivity index (χ3n) is 4.59. The Morgan fingerprint density at radius 1 is 1.17 bits per heavy atom. The van der Waals surface area contributed by atoms with Crippen molar-refractivity contribution in [2.24, 2.45) is 0 Å². The predicted molar refractivity (Wildman–Crippen MR) is 118 cm³/mol. The fraction of sp³-hybridized carbons (Fsp3) is 0.304. The molecule has 29 heavy (non-hydrogen) atoms. The van der Waals surface area contributed by atoms with Crippen LogP contribution in [0.2, 0.25) is 5.02 Å². The zero-order valence-corrected chi connectivity index (χ0v) is 18.0. The molecule has 6 heteroatoms. The lowest BCUT2D eigenvalue weighted by molar-refractivity contribution is -0.160. The van der Waals surface area contributed by atoms with Crippen LogP contribution in [0.5, 0.6) is 0 Å². The summed E-state index contributed by atoms with van der Waals surface area (Å²) in [6, 6.07) is 13.1. The van der Waals surface area contributed by atoms with E-state index in [4.69, 9.17) is 16.3 Å². The number of halogens is 1. The number of nitrogens with zero attached hydrogens (tertiary/aromatic N) is 1. The molecule has 0 spiro atoms. The van der Waals surface area contributed by atoms with Crippen molar-refractivity contribution >= 4 is 34.3 Å². The smallest absolute Gasteiger partial charge is 0.337 e. The topological polar surface area (TPSA) is 71.5 Å². The second kappa shape index (κ2) is 8.01. The van der Waals surface area contributed by atoms with Crippen molar-refractivity contribution in [2.45, 2.75) is 39.4 Å². The lowest BCUT2D eigenvalue weighted by Gasteiger charge is -2.28. The fourth-order valence-electron chi connectivity index (χ4n) is 3.41. The summed E-state index contributed by atoms with van der Waals surface area (Å²) >= 11 is 6.09.